The topological polar surface area (TPSA) is 76.7 Å². The Morgan fingerprint density at radius 2 is 2.03 bits per heavy atom. The van der Waals surface area contributed by atoms with Crippen LogP contribution in [0.5, 0.6) is 0 Å². The van der Waals surface area contributed by atoms with E-state index in [-0.39, 0.29) is 35.2 Å². The lowest BCUT2D eigenvalue weighted by atomic mass is 9.47. The number of carboxylic acids is 1. The van der Waals surface area contributed by atoms with Crippen LogP contribution in [0.25, 0.3) is 0 Å². The van der Waals surface area contributed by atoms with E-state index in [2.05, 4.69) is 19.9 Å². The number of ether oxygens (including phenoxy) is 1. The van der Waals surface area contributed by atoms with Gasteiger partial charge in [0.15, 0.2) is 0 Å². The van der Waals surface area contributed by atoms with Gasteiger partial charge in [-0.25, -0.2) is 0 Å². The van der Waals surface area contributed by atoms with Gasteiger partial charge in [-0.3, -0.25) is 9.59 Å². The molecule has 0 saturated heterocycles. The van der Waals surface area contributed by atoms with E-state index in [9.17, 15) is 14.7 Å². The summed E-state index contributed by atoms with van der Waals surface area (Å²) in [4.78, 5) is 24.8. The number of carboxylic acid groups (broad SMARTS) is 1. The third-order valence-electron chi connectivity index (χ3n) is 7.57. The largest absolute Gasteiger partial charge is 0.481 e. The molecule has 30 heavy (non-hydrogen) atoms. The standard InChI is InChI=1S/C25H36O5/c1-16(2)12-22(26)30-19-13-24(4)20(8-7-18-10-11-29-15-18)17(3)6-9-21(24)25(5,14-19)23(27)28/h6,10-11,15-16,19-21H,7-9,12-14H2,1-5H3,(H,27,28). The van der Waals surface area contributed by atoms with Gasteiger partial charge in [0.05, 0.1) is 17.9 Å². The molecule has 5 unspecified atom stereocenters. The molecule has 166 valence electrons. The molecule has 3 rings (SSSR count). The van der Waals surface area contributed by atoms with Gasteiger partial charge < -0.3 is 14.3 Å². The van der Waals surface area contributed by atoms with Gasteiger partial charge in [0.2, 0.25) is 0 Å². The zero-order chi connectivity index (χ0) is 22.1. The highest BCUT2D eigenvalue weighted by Crippen LogP contribution is 2.61. The van der Waals surface area contributed by atoms with Gasteiger partial charge in [-0.2, -0.15) is 0 Å². The van der Waals surface area contributed by atoms with Crippen molar-refractivity contribution in [1.29, 1.82) is 0 Å². The van der Waals surface area contributed by atoms with Crippen molar-refractivity contribution in [2.24, 2.45) is 28.6 Å². The zero-order valence-electron chi connectivity index (χ0n) is 18.9. The number of aryl methyl sites for hydroxylation is 1. The maximum Gasteiger partial charge on any atom is 0.309 e. The second-order valence-corrected chi connectivity index (χ2v) is 10.3. The van der Waals surface area contributed by atoms with E-state index in [4.69, 9.17) is 9.15 Å². The molecule has 5 atom stereocenters. The van der Waals surface area contributed by atoms with E-state index in [0.29, 0.717) is 19.3 Å². The number of fused-ring (bicyclic) bond motifs is 1. The molecule has 5 heteroatoms. The molecule has 0 aliphatic heterocycles. The molecule has 0 bridgehead atoms. The summed E-state index contributed by atoms with van der Waals surface area (Å²) >= 11 is 0. The van der Waals surface area contributed by atoms with Crippen LogP contribution >= 0.6 is 0 Å². The Balaban J connectivity index is 1.89. The van der Waals surface area contributed by atoms with Crippen molar-refractivity contribution >= 4 is 11.9 Å². The quantitative estimate of drug-likeness (QED) is 0.459. The van der Waals surface area contributed by atoms with Crippen LogP contribution in [0, 0.1) is 28.6 Å². The Bertz CT molecular complexity index is 792. The lowest BCUT2D eigenvalue weighted by molar-refractivity contribution is -0.181. The van der Waals surface area contributed by atoms with Gasteiger partial charge in [-0.05, 0) is 74.3 Å². The number of hydrogen-bond donors (Lipinski definition) is 1. The third-order valence-corrected chi connectivity index (χ3v) is 7.57. The number of esters is 1. The highest BCUT2D eigenvalue weighted by Gasteiger charge is 2.59. The average molecular weight is 417 g/mol. The van der Waals surface area contributed by atoms with Gasteiger partial charge in [-0.15, -0.1) is 0 Å². The molecule has 1 aromatic rings. The first-order valence-corrected chi connectivity index (χ1v) is 11.2. The summed E-state index contributed by atoms with van der Waals surface area (Å²) in [7, 11) is 0. The molecule has 1 aromatic heterocycles. The summed E-state index contributed by atoms with van der Waals surface area (Å²) in [6.07, 6.45) is 9.38. The number of carbonyl (C=O) groups is 2. The second kappa shape index (κ2) is 8.60. The maximum absolute atomic E-state index is 12.4. The Labute approximate surface area is 179 Å². The third kappa shape index (κ3) is 4.35. The van der Waals surface area contributed by atoms with Gasteiger partial charge in [0, 0.05) is 12.8 Å². The van der Waals surface area contributed by atoms with Crippen LogP contribution < -0.4 is 0 Å². The first-order valence-electron chi connectivity index (χ1n) is 11.2. The Hall–Kier alpha value is -2.04. The molecule has 0 radical (unpaired) electrons. The smallest absolute Gasteiger partial charge is 0.309 e. The number of aliphatic carboxylic acids is 1. The molecule has 1 saturated carbocycles. The summed E-state index contributed by atoms with van der Waals surface area (Å²) < 4.78 is 11.1. The minimum absolute atomic E-state index is 0.0144. The monoisotopic (exact) mass is 416 g/mol. The van der Waals surface area contributed by atoms with Crippen LogP contribution in [0.2, 0.25) is 0 Å². The number of rotatable bonds is 7. The predicted octanol–water partition coefficient (Wildman–Crippen LogP) is 5.64. The lowest BCUT2D eigenvalue weighted by Crippen LogP contribution is -2.56. The fourth-order valence-corrected chi connectivity index (χ4v) is 6.12. The zero-order valence-corrected chi connectivity index (χ0v) is 18.9. The normalized spacial score (nSPS) is 33.7. The van der Waals surface area contributed by atoms with E-state index in [1.54, 1.807) is 12.5 Å². The minimum Gasteiger partial charge on any atom is -0.481 e. The van der Waals surface area contributed by atoms with E-state index in [1.165, 1.54) is 5.57 Å². The van der Waals surface area contributed by atoms with E-state index >= 15 is 0 Å². The number of hydrogen-bond acceptors (Lipinski definition) is 4. The van der Waals surface area contributed by atoms with E-state index in [0.717, 1.165) is 24.8 Å². The highest BCUT2D eigenvalue weighted by atomic mass is 16.5. The van der Waals surface area contributed by atoms with Crippen LogP contribution in [-0.4, -0.2) is 23.1 Å². The molecule has 0 spiro atoms. The van der Waals surface area contributed by atoms with Crippen molar-refractivity contribution in [2.75, 3.05) is 0 Å². The molecular formula is C25H36O5. The van der Waals surface area contributed by atoms with Gasteiger partial charge >= 0.3 is 11.9 Å². The first kappa shape index (κ1) is 22.6. The molecule has 0 amide bonds. The van der Waals surface area contributed by atoms with E-state index in [1.807, 2.05) is 26.8 Å². The lowest BCUT2D eigenvalue weighted by Gasteiger charge is -2.57. The SMILES string of the molecule is CC1=CCC2C(C)(C(=O)O)CC(OC(=O)CC(C)C)CC2(C)C1CCc1ccoc1. The van der Waals surface area contributed by atoms with Gasteiger partial charge in [0.1, 0.15) is 6.10 Å². The summed E-state index contributed by atoms with van der Waals surface area (Å²) in [5, 5.41) is 10.2. The molecule has 1 fully saturated rings. The Kier molecular flexibility index (Phi) is 6.49. The Morgan fingerprint density at radius 1 is 1.30 bits per heavy atom. The van der Waals surface area contributed by atoms with Crippen molar-refractivity contribution in [1.82, 2.24) is 0 Å². The van der Waals surface area contributed by atoms with Crippen molar-refractivity contribution in [3.8, 4) is 0 Å². The number of allylic oxidation sites excluding steroid dienone is 2. The number of furan rings is 1. The van der Waals surface area contributed by atoms with Crippen LogP contribution in [0.15, 0.2) is 34.7 Å². The van der Waals surface area contributed by atoms with Crippen molar-refractivity contribution < 1.29 is 23.8 Å². The molecule has 0 aromatic carbocycles. The first-order chi connectivity index (χ1) is 14.1. The molecule has 5 nitrogen and oxygen atoms in total. The minimum atomic E-state index is -0.916. The molecule has 2 aliphatic carbocycles. The van der Waals surface area contributed by atoms with Crippen LogP contribution in [0.1, 0.15) is 72.3 Å². The Morgan fingerprint density at radius 3 is 2.63 bits per heavy atom. The van der Waals surface area contributed by atoms with Gasteiger partial charge in [0.25, 0.3) is 0 Å². The summed E-state index contributed by atoms with van der Waals surface area (Å²) in [5.74, 6) is -0.525. The summed E-state index contributed by atoms with van der Waals surface area (Å²) in [5.41, 5.74) is 1.32. The molecule has 1 heterocycles. The number of carbonyl (C=O) groups excluding carboxylic acids is 1. The van der Waals surface area contributed by atoms with Crippen molar-refractivity contribution in [3.63, 3.8) is 0 Å². The van der Waals surface area contributed by atoms with Crippen molar-refractivity contribution in [2.45, 2.75) is 79.2 Å². The average Bonchev–Trinajstić information content (AvgIpc) is 3.13. The molecular weight excluding hydrogens is 380 g/mol. The highest BCUT2D eigenvalue weighted by molar-refractivity contribution is 5.75. The fraction of sp³-hybridized carbons (Fsp3) is 0.680. The predicted molar refractivity (Wildman–Crippen MR) is 115 cm³/mol. The maximum atomic E-state index is 12.4. The van der Waals surface area contributed by atoms with E-state index < -0.39 is 11.4 Å². The van der Waals surface area contributed by atoms with Crippen molar-refractivity contribution in [3.05, 3.63) is 35.8 Å². The second-order valence-electron chi connectivity index (χ2n) is 10.3. The van der Waals surface area contributed by atoms with Crippen LogP contribution in [-0.2, 0) is 20.7 Å². The summed E-state index contributed by atoms with van der Waals surface area (Å²) in [6.45, 7) is 10.2. The molecule has 2 aliphatic rings. The fourth-order valence-electron chi connectivity index (χ4n) is 6.12. The summed E-state index contributed by atoms with van der Waals surface area (Å²) in [6, 6.07) is 1.99. The van der Waals surface area contributed by atoms with Gasteiger partial charge in [-0.1, -0.05) is 32.4 Å². The van der Waals surface area contributed by atoms with Crippen LogP contribution in [0.3, 0.4) is 0 Å². The molecule has 1 N–H and O–H groups in total. The van der Waals surface area contributed by atoms with Crippen LogP contribution in [0.4, 0.5) is 0 Å².